The molecule has 2 bridgehead atoms. The predicted octanol–water partition coefficient (Wildman–Crippen LogP) is 2.01. The van der Waals surface area contributed by atoms with Gasteiger partial charge in [-0.25, -0.2) is 0 Å². The lowest BCUT2D eigenvalue weighted by Gasteiger charge is -2.61. The first kappa shape index (κ1) is 31.6. The molecular formula is C35H54O10. The highest BCUT2D eigenvalue weighted by Crippen LogP contribution is 2.89. The smallest absolute Gasteiger partial charge is 0.200 e. The molecule has 0 amide bonds. The molecule has 0 aromatic carbocycles. The van der Waals surface area contributed by atoms with Crippen LogP contribution in [0.25, 0.3) is 0 Å². The summed E-state index contributed by atoms with van der Waals surface area (Å²) in [5, 5.41) is 66.9. The van der Waals surface area contributed by atoms with Gasteiger partial charge >= 0.3 is 0 Å². The molecule has 8 rings (SSSR count). The molecule has 4 saturated carbocycles. The Hall–Kier alpha value is -0.660. The highest BCUT2D eigenvalue weighted by molar-refractivity contribution is 5.49. The highest BCUT2D eigenvalue weighted by atomic mass is 16.8. The Kier molecular flexibility index (Phi) is 6.40. The second-order valence-electron chi connectivity index (χ2n) is 17.9. The summed E-state index contributed by atoms with van der Waals surface area (Å²) in [6.45, 7) is 14.3. The largest absolute Gasteiger partial charge is 0.392 e. The molecule has 1 unspecified atom stereocenters. The van der Waals surface area contributed by atoms with Crippen LogP contribution in [-0.4, -0.2) is 104 Å². The molecule has 3 aliphatic heterocycles. The van der Waals surface area contributed by atoms with Gasteiger partial charge in [-0.05, 0) is 75.0 Å². The van der Waals surface area contributed by atoms with Crippen molar-refractivity contribution in [3.63, 3.8) is 0 Å². The zero-order valence-corrected chi connectivity index (χ0v) is 27.8. The summed E-state index contributed by atoms with van der Waals surface area (Å²) >= 11 is 0. The number of allylic oxidation sites excluding steroid dienone is 1. The number of rotatable bonds is 3. The van der Waals surface area contributed by atoms with E-state index in [0.717, 1.165) is 25.7 Å². The standard InChI is InChI=1S/C35H54O10/c1-16-12-18-26(30(4,5)41)45-35(44-18)25(16)32(7)21(37)13-34-15-33(34)11-10-22(43-27-24(39)23(38)17(36)14-42-27)29(2,3)19(33)8-9-20(34)31(32,6)28(35)40/h9,16-19,21-28,36-41H,8,10-15H2,1-7H3/t16-,17+,18-,19?,21-,22+,23+,24-,25-,26+,27+,28-,31-,32-,33-,34+,35+/m1/s1. The van der Waals surface area contributed by atoms with Crippen molar-refractivity contribution in [3.8, 4) is 0 Å². The van der Waals surface area contributed by atoms with Gasteiger partial charge in [-0.15, -0.1) is 0 Å². The Labute approximate surface area is 266 Å². The van der Waals surface area contributed by atoms with Crippen molar-refractivity contribution >= 4 is 0 Å². The first-order chi connectivity index (χ1) is 20.8. The molecule has 8 aliphatic rings. The molecule has 7 fully saturated rings. The summed E-state index contributed by atoms with van der Waals surface area (Å²) in [5.74, 6) is -1.18. The van der Waals surface area contributed by atoms with E-state index in [4.69, 9.17) is 18.9 Å². The first-order valence-corrected chi connectivity index (χ1v) is 17.3. The minimum atomic E-state index is -1.33. The van der Waals surface area contributed by atoms with Crippen LogP contribution in [0.1, 0.15) is 87.0 Å². The molecule has 0 aromatic heterocycles. The number of hydrogen-bond acceptors (Lipinski definition) is 10. The number of fused-ring (bicyclic) bond motifs is 4. The quantitative estimate of drug-likeness (QED) is 0.254. The molecule has 10 nitrogen and oxygen atoms in total. The van der Waals surface area contributed by atoms with E-state index in [-0.39, 0.29) is 52.8 Å². The van der Waals surface area contributed by atoms with E-state index in [9.17, 15) is 30.6 Å². The fraction of sp³-hybridized carbons (Fsp3) is 0.943. The van der Waals surface area contributed by atoms with Gasteiger partial charge in [0.15, 0.2) is 12.1 Å². The molecule has 3 spiro atoms. The lowest BCUT2D eigenvalue weighted by atomic mass is 9.44. The summed E-state index contributed by atoms with van der Waals surface area (Å²) in [7, 11) is 0. The summed E-state index contributed by atoms with van der Waals surface area (Å²) in [6, 6.07) is 0. The number of ether oxygens (including phenoxy) is 4. The van der Waals surface area contributed by atoms with Crippen LogP contribution < -0.4 is 0 Å². The van der Waals surface area contributed by atoms with Crippen LogP contribution in [0.2, 0.25) is 0 Å². The normalized spacial score (nSPS) is 61.0. The van der Waals surface area contributed by atoms with Gasteiger partial charge in [-0.3, -0.25) is 0 Å². The zero-order valence-electron chi connectivity index (χ0n) is 27.8. The van der Waals surface area contributed by atoms with Crippen molar-refractivity contribution in [1.29, 1.82) is 0 Å². The van der Waals surface area contributed by atoms with Crippen molar-refractivity contribution in [1.82, 2.24) is 0 Å². The Morgan fingerprint density at radius 3 is 2.40 bits per heavy atom. The van der Waals surface area contributed by atoms with Crippen molar-refractivity contribution in [2.75, 3.05) is 6.61 Å². The van der Waals surface area contributed by atoms with Crippen molar-refractivity contribution < 1.29 is 49.6 Å². The van der Waals surface area contributed by atoms with Crippen LogP contribution in [0.3, 0.4) is 0 Å². The van der Waals surface area contributed by atoms with Gasteiger partial charge in [-0.1, -0.05) is 46.3 Å². The first-order valence-electron chi connectivity index (χ1n) is 17.3. The van der Waals surface area contributed by atoms with E-state index in [1.54, 1.807) is 13.8 Å². The maximum absolute atomic E-state index is 12.6. The van der Waals surface area contributed by atoms with Crippen LogP contribution in [-0.2, 0) is 18.9 Å². The number of aliphatic hydroxyl groups excluding tert-OH is 5. The lowest BCUT2D eigenvalue weighted by Crippen LogP contribution is -2.61. The van der Waals surface area contributed by atoms with Gasteiger partial charge in [0.25, 0.3) is 0 Å². The third kappa shape index (κ3) is 3.46. The maximum atomic E-state index is 12.6. The van der Waals surface area contributed by atoms with E-state index >= 15 is 0 Å². The zero-order chi connectivity index (χ0) is 32.5. The third-order valence-corrected chi connectivity index (χ3v) is 15.3. The van der Waals surface area contributed by atoms with E-state index in [0.29, 0.717) is 12.8 Å². The minimum Gasteiger partial charge on any atom is -0.392 e. The Morgan fingerprint density at radius 2 is 1.71 bits per heavy atom. The molecule has 6 N–H and O–H groups in total. The van der Waals surface area contributed by atoms with Gasteiger partial charge in [0.05, 0.1) is 30.5 Å². The summed E-state index contributed by atoms with van der Waals surface area (Å²) < 4.78 is 25.5. The van der Waals surface area contributed by atoms with Crippen molar-refractivity contribution in [3.05, 3.63) is 11.6 Å². The van der Waals surface area contributed by atoms with Crippen molar-refractivity contribution in [2.45, 2.75) is 154 Å². The lowest BCUT2D eigenvalue weighted by molar-refractivity contribution is -0.301. The van der Waals surface area contributed by atoms with Crippen LogP contribution in [0.4, 0.5) is 0 Å². The molecule has 10 heteroatoms. The summed E-state index contributed by atoms with van der Waals surface area (Å²) in [6.07, 6.45) is -0.571. The molecule has 3 heterocycles. The highest BCUT2D eigenvalue weighted by Gasteiger charge is 2.88. The predicted molar refractivity (Wildman–Crippen MR) is 160 cm³/mol. The van der Waals surface area contributed by atoms with Crippen LogP contribution in [0.5, 0.6) is 0 Å². The number of hydrogen-bond donors (Lipinski definition) is 6. The molecule has 3 saturated heterocycles. The van der Waals surface area contributed by atoms with Gasteiger partial charge < -0.3 is 49.6 Å². The molecule has 45 heavy (non-hydrogen) atoms. The molecule has 0 aromatic rings. The van der Waals surface area contributed by atoms with E-state index < -0.39 is 65.1 Å². The van der Waals surface area contributed by atoms with Crippen LogP contribution in [0.15, 0.2) is 11.6 Å². The van der Waals surface area contributed by atoms with Gasteiger partial charge in [-0.2, -0.15) is 0 Å². The van der Waals surface area contributed by atoms with Gasteiger partial charge in [0.2, 0.25) is 0 Å². The van der Waals surface area contributed by atoms with Gasteiger partial charge in [0.1, 0.15) is 30.5 Å². The summed E-state index contributed by atoms with van der Waals surface area (Å²) in [4.78, 5) is 0. The fourth-order valence-electron chi connectivity index (χ4n) is 13.2. The Bertz CT molecular complexity index is 1300. The SMILES string of the molecule is C[C@@H]1C[C@H]2O[C@]3(O[C@@H]2C(C)(C)O)[C@H]1[C@@]1(C)[C@H](O)C[C@@]24C[C@@]25CC[C@H](O[C@@H]2OC[C@H](O)[C@H](O)[C@H]2O)C(C)(C)C5CC=C4[C@]1(C)[C@H]3O. The van der Waals surface area contributed by atoms with E-state index in [2.05, 4.69) is 40.7 Å². The van der Waals surface area contributed by atoms with Crippen LogP contribution in [0, 0.1) is 44.8 Å². The fourth-order valence-corrected chi connectivity index (χ4v) is 13.2. The Morgan fingerprint density at radius 1 is 1.00 bits per heavy atom. The van der Waals surface area contributed by atoms with Gasteiger partial charge in [0, 0.05) is 22.2 Å². The second kappa shape index (κ2) is 9.11. The number of aliphatic hydroxyl groups is 6. The molecular weight excluding hydrogens is 580 g/mol. The van der Waals surface area contributed by atoms with E-state index in [1.165, 1.54) is 5.57 Å². The topological polar surface area (TPSA) is 158 Å². The molecule has 5 aliphatic carbocycles. The monoisotopic (exact) mass is 634 g/mol. The van der Waals surface area contributed by atoms with Crippen molar-refractivity contribution in [2.24, 2.45) is 44.8 Å². The third-order valence-electron chi connectivity index (χ3n) is 15.3. The Balaban J connectivity index is 1.15. The molecule has 17 atom stereocenters. The second-order valence-corrected chi connectivity index (χ2v) is 17.9. The average molecular weight is 635 g/mol. The maximum Gasteiger partial charge on any atom is 0.200 e. The van der Waals surface area contributed by atoms with E-state index in [1.807, 2.05) is 0 Å². The minimum absolute atomic E-state index is 0.0557. The molecule has 254 valence electrons. The molecule has 0 radical (unpaired) electrons. The summed E-state index contributed by atoms with van der Waals surface area (Å²) in [5.41, 5.74) is -2.00. The average Bonchev–Trinajstić information content (AvgIpc) is 3.44. The van der Waals surface area contributed by atoms with Crippen LogP contribution >= 0.6 is 0 Å².